The molecule has 0 saturated heterocycles. The standard InChI is InChI=1S/C11H13NO2S2/c12-11(15)9-3-1-8(2-4-9)7-16-6-5-10(13)14/h1-4H,5-7H2,(H2,12,15)(H,13,14). The zero-order valence-electron chi connectivity index (χ0n) is 8.68. The van der Waals surface area contributed by atoms with Crippen molar-refractivity contribution in [1.29, 1.82) is 0 Å². The summed E-state index contributed by atoms with van der Waals surface area (Å²) in [5, 5.41) is 8.47. The summed E-state index contributed by atoms with van der Waals surface area (Å²) in [6.07, 6.45) is 0.204. The van der Waals surface area contributed by atoms with E-state index in [1.807, 2.05) is 24.3 Å². The highest BCUT2D eigenvalue weighted by Gasteiger charge is 1.99. The molecule has 86 valence electrons. The molecule has 0 atom stereocenters. The highest BCUT2D eigenvalue weighted by Crippen LogP contribution is 2.14. The number of thiocarbonyl (C=S) groups is 1. The molecule has 3 N–H and O–H groups in total. The molecule has 0 aliphatic heterocycles. The van der Waals surface area contributed by atoms with Crippen molar-refractivity contribution in [2.75, 3.05) is 5.75 Å². The molecule has 1 aromatic carbocycles. The molecule has 5 heteroatoms. The van der Waals surface area contributed by atoms with Crippen molar-refractivity contribution in [3.05, 3.63) is 35.4 Å². The molecule has 0 radical (unpaired) electrons. The number of nitrogens with two attached hydrogens (primary N) is 1. The lowest BCUT2D eigenvalue weighted by atomic mass is 10.1. The monoisotopic (exact) mass is 255 g/mol. The second-order valence-electron chi connectivity index (χ2n) is 3.26. The van der Waals surface area contributed by atoms with E-state index >= 15 is 0 Å². The van der Waals surface area contributed by atoms with Crippen molar-refractivity contribution in [2.45, 2.75) is 12.2 Å². The number of benzene rings is 1. The van der Waals surface area contributed by atoms with Crippen molar-refractivity contribution < 1.29 is 9.90 Å². The molecule has 0 amide bonds. The van der Waals surface area contributed by atoms with Gasteiger partial charge in [-0.2, -0.15) is 11.8 Å². The first-order chi connectivity index (χ1) is 7.59. The topological polar surface area (TPSA) is 63.3 Å². The summed E-state index contributed by atoms with van der Waals surface area (Å²) in [5.74, 6) is 0.688. The molecule has 0 saturated carbocycles. The third-order valence-corrected chi connectivity index (χ3v) is 3.23. The summed E-state index contributed by atoms with van der Waals surface area (Å²) in [6.45, 7) is 0. The molecule has 0 spiro atoms. The summed E-state index contributed by atoms with van der Waals surface area (Å²) < 4.78 is 0. The Bertz CT molecular complexity index is 376. The predicted octanol–water partition coefficient (Wildman–Crippen LogP) is 2.03. The third-order valence-electron chi connectivity index (χ3n) is 1.97. The molecule has 0 aliphatic carbocycles. The van der Waals surface area contributed by atoms with Crippen LogP contribution in [0.1, 0.15) is 17.5 Å². The number of hydrogen-bond acceptors (Lipinski definition) is 3. The minimum Gasteiger partial charge on any atom is -0.481 e. The van der Waals surface area contributed by atoms with E-state index in [-0.39, 0.29) is 6.42 Å². The van der Waals surface area contributed by atoms with E-state index < -0.39 is 5.97 Å². The maximum Gasteiger partial charge on any atom is 0.304 e. The van der Waals surface area contributed by atoms with Gasteiger partial charge >= 0.3 is 5.97 Å². The normalized spacial score (nSPS) is 10.0. The fourth-order valence-electron chi connectivity index (χ4n) is 1.11. The molecule has 0 unspecified atom stereocenters. The smallest absolute Gasteiger partial charge is 0.304 e. The number of rotatable bonds is 6. The number of carboxylic acid groups (broad SMARTS) is 1. The SMILES string of the molecule is NC(=S)c1ccc(CSCCC(=O)O)cc1. The van der Waals surface area contributed by atoms with Crippen molar-refractivity contribution in [2.24, 2.45) is 5.73 Å². The van der Waals surface area contributed by atoms with Gasteiger partial charge in [-0.05, 0) is 5.56 Å². The summed E-state index contributed by atoms with van der Waals surface area (Å²) in [7, 11) is 0. The average Bonchev–Trinajstić information content (AvgIpc) is 2.25. The highest BCUT2D eigenvalue weighted by molar-refractivity contribution is 7.98. The molecular formula is C11H13NO2S2. The van der Waals surface area contributed by atoms with Crippen LogP contribution in [0.15, 0.2) is 24.3 Å². The van der Waals surface area contributed by atoms with Crippen molar-refractivity contribution in [3.8, 4) is 0 Å². The van der Waals surface area contributed by atoms with Gasteiger partial charge in [-0.3, -0.25) is 4.79 Å². The van der Waals surface area contributed by atoms with E-state index in [0.29, 0.717) is 10.7 Å². The Balaban J connectivity index is 2.38. The Morgan fingerprint density at radius 3 is 2.50 bits per heavy atom. The van der Waals surface area contributed by atoms with E-state index in [1.54, 1.807) is 11.8 Å². The van der Waals surface area contributed by atoms with Gasteiger partial charge in [-0.1, -0.05) is 36.5 Å². The van der Waals surface area contributed by atoms with Crippen LogP contribution in [0.4, 0.5) is 0 Å². The average molecular weight is 255 g/mol. The molecule has 16 heavy (non-hydrogen) atoms. The first-order valence-corrected chi connectivity index (χ1v) is 6.34. The molecule has 1 rings (SSSR count). The zero-order valence-corrected chi connectivity index (χ0v) is 10.3. The fourth-order valence-corrected chi connectivity index (χ4v) is 2.14. The van der Waals surface area contributed by atoms with E-state index in [0.717, 1.165) is 16.9 Å². The van der Waals surface area contributed by atoms with Crippen molar-refractivity contribution in [3.63, 3.8) is 0 Å². The van der Waals surface area contributed by atoms with Gasteiger partial charge in [-0.25, -0.2) is 0 Å². The van der Waals surface area contributed by atoms with Crippen LogP contribution in [0, 0.1) is 0 Å². The largest absolute Gasteiger partial charge is 0.481 e. The lowest BCUT2D eigenvalue weighted by Gasteiger charge is -2.02. The highest BCUT2D eigenvalue weighted by atomic mass is 32.2. The van der Waals surface area contributed by atoms with Crippen LogP contribution < -0.4 is 5.73 Å². The Morgan fingerprint density at radius 1 is 1.38 bits per heavy atom. The van der Waals surface area contributed by atoms with Crippen LogP contribution >= 0.6 is 24.0 Å². The Hall–Kier alpha value is -1.07. The second kappa shape index (κ2) is 6.50. The van der Waals surface area contributed by atoms with Gasteiger partial charge in [0.2, 0.25) is 0 Å². The molecule has 0 fully saturated rings. The van der Waals surface area contributed by atoms with E-state index in [2.05, 4.69) is 0 Å². The second-order valence-corrected chi connectivity index (χ2v) is 4.80. The van der Waals surface area contributed by atoms with E-state index in [4.69, 9.17) is 23.1 Å². The lowest BCUT2D eigenvalue weighted by molar-refractivity contribution is -0.136. The summed E-state index contributed by atoms with van der Waals surface area (Å²) in [4.78, 5) is 10.7. The summed E-state index contributed by atoms with van der Waals surface area (Å²) in [6, 6.07) is 7.69. The number of hydrogen-bond donors (Lipinski definition) is 2. The number of aliphatic carboxylic acids is 1. The van der Waals surface area contributed by atoms with Crippen LogP contribution in [0.3, 0.4) is 0 Å². The predicted molar refractivity (Wildman–Crippen MR) is 70.7 cm³/mol. The molecule has 0 aliphatic rings. The van der Waals surface area contributed by atoms with Gasteiger partial charge in [0.05, 0.1) is 6.42 Å². The van der Waals surface area contributed by atoms with Gasteiger partial charge in [-0.15, -0.1) is 0 Å². The Labute approximate surface area is 104 Å². The zero-order chi connectivity index (χ0) is 12.0. The first-order valence-electron chi connectivity index (χ1n) is 4.78. The van der Waals surface area contributed by atoms with Crippen LogP contribution in [0.2, 0.25) is 0 Å². The van der Waals surface area contributed by atoms with Crippen molar-refractivity contribution in [1.82, 2.24) is 0 Å². The maximum absolute atomic E-state index is 10.3. The third kappa shape index (κ3) is 4.63. The van der Waals surface area contributed by atoms with Gasteiger partial charge in [0.25, 0.3) is 0 Å². The van der Waals surface area contributed by atoms with Gasteiger partial charge < -0.3 is 10.8 Å². The number of thioether (sulfide) groups is 1. The fraction of sp³-hybridized carbons (Fsp3) is 0.273. The molecule has 0 bridgehead atoms. The molecule has 1 aromatic rings. The Kier molecular flexibility index (Phi) is 5.28. The van der Waals surface area contributed by atoms with E-state index in [9.17, 15) is 4.79 Å². The minimum absolute atomic E-state index is 0.204. The van der Waals surface area contributed by atoms with Gasteiger partial charge in [0.1, 0.15) is 4.99 Å². The van der Waals surface area contributed by atoms with Crippen LogP contribution in [0.5, 0.6) is 0 Å². The van der Waals surface area contributed by atoms with Gasteiger partial charge in [0.15, 0.2) is 0 Å². The summed E-state index contributed by atoms with van der Waals surface area (Å²) >= 11 is 6.45. The lowest BCUT2D eigenvalue weighted by Crippen LogP contribution is -2.08. The van der Waals surface area contributed by atoms with Crippen LogP contribution in [0.25, 0.3) is 0 Å². The first kappa shape index (κ1) is 13.0. The molecule has 0 aromatic heterocycles. The van der Waals surface area contributed by atoms with Gasteiger partial charge in [0, 0.05) is 17.1 Å². The molecule has 3 nitrogen and oxygen atoms in total. The Morgan fingerprint density at radius 2 is 2.00 bits per heavy atom. The maximum atomic E-state index is 10.3. The molecule has 0 heterocycles. The number of carboxylic acids is 1. The van der Waals surface area contributed by atoms with E-state index in [1.165, 1.54) is 0 Å². The quantitative estimate of drug-likeness (QED) is 0.601. The van der Waals surface area contributed by atoms with Crippen molar-refractivity contribution >= 4 is 34.9 Å². The minimum atomic E-state index is -0.753. The van der Waals surface area contributed by atoms with Crippen LogP contribution in [-0.2, 0) is 10.5 Å². The number of carbonyl (C=O) groups is 1. The summed E-state index contributed by atoms with van der Waals surface area (Å²) in [5.41, 5.74) is 7.48. The van der Waals surface area contributed by atoms with Crippen LogP contribution in [-0.4, -0.2) is 21.8 Å². The molecular weight excluding hydrogens is 242 g/mol.